The van der Waals surface area contributed by atoms with Gasteiger partial charge in [0.1, 0.15) is 5.78 Å². The summed E-state index contributed by atoms with van der Waals surface area (Å²) in [4.78, 5) is 23.3. The molecular formula is C16H28O3. The standard InChI is InChI=1S/C16H28O3/c1-11(2)7-6-8-19-15(18)16(4,5)14-9-13(10-14)12(3)17/h11,13-14H,6-10H2,1-5H3. The Morgan fingerprint density at radius 3 is 2.32 bits per heavy atom. The number of ether oxygens (including phenoxy) is 1. The highest BCUT2D eigenvalue weighted by Gasteiger charge is 2.46. The number of esters is 1. The van der Waals surface area contributed by atoms with E-state index in [1.54, 1.807) is 6.92 Å². The largest absolute Gasteiger partial charge is 0.465 e. The minimum atomic E-state index is -0.455. The first-order chi connectivity index (χ1) is 8.75. The Bertz CT molecular complexity index is 325. The second-order valence-electron chi connectivity index (χ2n) is 6.87. The third-order valence-corrected chi connectivity index (χ3v) is 4.42. The van der Waals surface area contributed by atoms with Crippen molar-refractivity contribution in [3.05, 3.63) is 0 Å². The highest BCUT2D eigenvalue weighted by atomic mass is 16.5. The van der Waals surface area contributed by atoms with Gasteiger partial charge in [0, 0.05) is 5.92 Å². The summed E-state index contributed by atoms with van der Waals surface area (Å²) < 4.78 is 5.39. The lowest BCUT2D eigenvalue weighted by Crippen LogP contribution is -2.43. The Kier molecular flexibility index (Phi) is 5.57. The number of hydrogen-bond donors (Lipinski definition) is 0. The number of carbonyl (C=O) groups excluding carboxylic acids is 2. The van der Waals surface area contributed by atoms with Crippen LogP contribution in [0.5, 0.6) is 0 Å². The first-order valence-corrected chi connectivity index (χ1v) is 7.42. The van der Waals surface area contributed by atoms with Gasteiger partial charge in [-0.25, -0.2) is 0 Å². The third-order valence-electron chi connectivity index (χ3n) is 4.42. The van der Waals surface area contributed by atoms with Crippen LogP contribution in [-0.2, 0) is 14.3 Å². The van der Waals surface area contributed by atoms with E-state index in [-0.39, 0.29) is 17.7 Å². The van der Waals surface area contributed by atoms with Crippen LogP contribution in [-0.4, -0.2) is 18.4 Å². The number of Topliss-reactive ketones (excluding diaryl/α,β-unsaturated/α-hetero) is 1. The van der Waals surface area contributed by atoms with Crippen molar-refractivity contribution in [3.63, 3.8) is 0 Å². The van der Waals surface area contributed by atoms with Gasteiger partial charge in [-0.1, -0.05) is 13.8 Å². The van der Waals surface area contributed by atoms with Gasteiger partial charge in [-0.3, -0.25) is 9.59 Å². The van der Waals surface area contributed by atoms with Crippen molar-refractivity contribution in [3.8, 4) is 0 Å². The van der Waals surface area contributed by atoms with E-state index in [1.165, 1.54) is 0 Å². The van der Waals surface area contributed by atoms with Gasteiger partial charge in [0.2, 0.25) is 0 Å². The van der Waals surface area contributed by atoms with E-state index < -0.39 is 5.41 Å². The fraction of sp³-hybridized carbons (Fsp3) is 0.875. The topological polar surface area (TPSA) is 43.4 Å². The average molecular weight is 268 g/mol. The van der Waals surface area contributed by atoms with Crippen LogP contribution in [0.4, 0.5) is 0 Å². The van der Waals surface area contributed by atoms with Gasteiger partial charge in [-0.2, -0.15) is 0 Å². The van der Waals surface area contributed by atoms with E-state index >= 15 is 0 Å². The summed E-state index contributed by atoms with van der Waals surface area (Å²) in [5.41, 5.74) is -0.455. The summed E-state index contributed by atoms with van der Waals surface area (Å²) in [6.07, 6.45) is 3.69. The summed E-state index contributed by atoms with van der Waals surface area (Å²) in [6, 6.07) is 0. The second kappa shape index (κ2) is 6.53. The SMILES string of the molecule is CC(=O)C1CC(C(C)(C)C(=O)OCCCC(C)C)C1. The molecule has 0 amide bonds. The van der Waals surface area contributed by atoms with E-state index in [0.29, 0.717) is 18.4 Å². The van der Waals surface area contributed by atoms with Crippen molar-refractivity contribution in [1.29, 1.82) is 0 Å². The Hall–Kier alpha value is -0.860. The lowest BCUT2D eigenvalue weighted by molar-refractivity contribution is -0.162. The molecule has 0 unspecified atom stereocenters. The molecule has 1 rings (SSSR count). The van der Waals surface area contributed by atoms with E-state index in [0.717, 1.165) is 25.7 Å². The number of hydrogen-bond acceptors (Lipinski definition) is 3. The zero-order valence-corrected chi connectivity index (χ0v) is 13.0. The maximum atomic E-state index is 12.1. The Morgan fingerprint density at radius 1 is 1.26 bits per heavy atom. The maximum absolute atomic E-state index is 12.1. The molecule has 0 aliphatic heterocycles. The van der Waals surface area contributed by atoms with Crippen molar-refractivity contribution < 1.29 is 14.3 Å². The van der Waals surface area contributed by atoms with Gasteiger partial charge in [0.15, 0.2) is 0 Å². The Labute approximate surface area is 117 Å². The van der Waals surface area contributed by atoms with Crippen molar-refractivity contribution in [2.45, 2.75) is 60.3 Å². The molecule has 0 N–H and O–H groups in total. The second-order valence-corrected chi connectivity index (χ2v) is 6.87. The van der Waals surface area contributed by atoms with Crippen LogP contribution in [0.15, 0.2) is 0 Å². The minimum absolute atomic E-state index is 0.108. The molecule has 0 heterocycles. The molecule has 1 aliphatic carbocycles. The number of carbonyl (C=O) groups is 2. The lowest BCUT2D eigenvalue weighted by Gasteiger charge is -2.42. The maximum Gasteiger partial charge on any atom is 0.311 e. The average Bonchev–Trinajstić information content (AvgIpc) is 2.20. The smallest absolute Gasteiger partial charge is 0.311 e. The molecule has 0 radical (unpaired) electrons. The van der Waals surface area contributed by atoms with Gasteiger partial charge >= 0.3 is 5.97 Å². The predicted molar refractivity (Wildman–Crippen MR) is 75.7 cm³/mol. The summed E-state index contributed by atoms with van der Waals surface area (Å²) in [5.74, 6) is 1.24. The van der Waals surface area contributed by atoms with Crippen LogP contribution in [0, 0.1) is 23.2 Å². The highest BCUT2D eigenvalue weighted by Crippen LogP contribution is 2.46. The van der Waals surface area contributed by atoms with Gasteiger partial charge in [0.05, 0.1) is 12.0 Å². The lowest BCUT2D eigenvalue weighted by atomic mass is 9.61. The minimum Gasteiger partial charge on any atom is -0.465 e. The van der Waals surface area contributed by atoms with Crippen molar-refractivity contribution in [2.75, 3.05) is 6.61 Å². The summed E-state index contributed by atoms with van der Waals surface area (Å²) in [5, 5.41) is 0. The van der Waals surface area contributed by atoms with Crippen molar-refractivity contribution >= 4 is 11.8 Å². The van der Waals surface area contributed by atoms with E-state index in [4.69, 9.17) is 4.74 Å². The Morgan fingerprint density at radius 2 is 1.84 bits per heavy atom. The van der Waals surface area contributed by atoms with Crippen molar-refractivity contribution in [1.82, 2.24) is 0 Å². The molecular weight excluding hydrogens is 240 g/mol. The fourth-order valence-corrected chi connectivity index (χ4v) is 2.55. The van der Waals surface area contributed by atoms with Crippen LogP contribution < -0.4 is 0 Å². The fourth-order valence-electron chi connectivity index (χ4n) is 2.55. The molecule has 0 aromatic carbocycles. The van der Waals surface area contributed by atoms with Gasteiger partial charge in [-0.05, 0) is 58.3 Å². The summed E-state index contributed by atoms with van der Waals surface area (Å²) >= 11 is 0. The Balaban J connectivity index is 2.32. The molecule has 1 saturated carbocycles. The summed E-state index contributed by atoms with van der Waals surface area (Å²) in [6.45, 7) is 10.4. The van der Waals surface area contributed by atoms with E-state index in [9.17, 15) is 9.59 Å². The van der Waals surface area contributed by atoms with Gasteiger partial charge < -0.3 is 4.74 Å². The monoisotopic (exact) mass is 268 g/mol. The van der Waals surface area contributed by atoms with Crippen LogP contribution in [0.3, 0.4) is 0 Å². The number of rotatable bonds is 7. The highest BCUT2D eigenvalue weighted by molar-refractivity contribution is 5.81. The molecule has 1 aliphatic rings. The van der Waals surface area contributed by atoms with Crippen molar-refractivity contribution in [2.24, 2.45) is 23.2 Å². The molecule has 0 spiro atoms. The molecule has 0 aromatic rings. The molecule has 0 saturated heterocycles. The molecule has 0 atom stereocenters. The van der Waals surface area contributed by atoms with Gasteiger partial charge in [-0.15, -0.1) is 0 Å². The normalized spacial score (nSPS) is 23.1. The molecule has 19 heavy (non-hydrogen) atoms. The zero-order valence-electron chi connectivity index (χ0n) is 13.0. The first-order valence-electron chi connectivity index (χ1n) is 7.42. The van der Waals surface area contributed by atoms with Crippen LogP contribution in [0.25, 0.3) is 0 Å². The molecule has 1 fully saturated rings. The third kappa shape index (κ3) is 4.32. The van der Waals surface area contributed by atoms with E-state index in [2.05, 4.69) is 13.8 Å². The van der Waals surface area contributed by atoms with E-state index in [1.807, 2.05) is 13.8 Å². The summed E-state index contributed by atoms with van der Waals surface area (Å²) in [7, 11) is 0. The molecule has 0 bridgehead atoms. The number of ketones is 1. The predicted octanol–water partition coefficient (Wildman–Crippen LogP) is 3.61. The molecule has 3 nitrogen and oxygen atoms in total. The van der Waals surface area contributed by atoms with Crippen LogP contribution in [0.2, 0.25) is 0 Å². The van der Waals surface area contributed by atoms with Crippen LogP contribution >= 0.6 is 0 Å². The quantitative estimate of drug-likeness (QED) is 0.523. The first kappa shape index (κ1) is 16.2. The van der Waals surface area contributed by atoms with Crippen LogP contribution in [0.1, 0.15) is 60.3 Å². The zero-order chi connectivity index (χ0) is 14.6. The molecule has 110 valence electrons. The van der Waals surface area contributed by atoms with Gasteiger partial charge in [0.25, 0.3) is 0 Å². The molecule has 3 heteroatoms. The molecule has 0 aromatic heterocycles.